The first-order valence-corrected chi connectivity index (χ1v) is 11.2. The van der Waals surface area contributed by atoms with Crippen molar-refractivity contribution in [3.8, 4) is 0 Å². The lowest BCUT2D eigenvalue weighted by Gasteiger charge is -2.31. The van der Waals surface area contributed by atoms with Crippen molar-refractivity contribution in [2.45, 2.75) is 70.4 Å². The van der Waals surface area contributed by atoms with Crippen LogP contribution in [0.1, 0.15) is 55.2 Å². The van der Waals surface area contributed by atoms with Gasteiger partial charge in [-0.1, -0.05) is 54.0 Å². The van der Waals surface area contributed by atoms with Gasteiger partial charge in [-0.15, -0.1) is 0 Å². The van der Waals surface area contributed by atoms with Gasteiger partial charge in [0.15, 0.2) is 0 Å². The number of carbonyl (C=O) groups excluding carboxylic acids is 1. The molecule has 0 saturated carbocycles. The van der Waals surface area contributed by atoms with E-state index in [0.29, 0.717) is 11.5 Å². The van der Waals surface area contributed by atoms with Crippen molar-refractivity contribution in [1.82, 2.24) is 10.1 Å². The van der Waals surface area contributed by atoms with Crippen molar-refractivity contribution in [2.24, 2.45) is 11.1 Å². The summed E-state index contributed by atoms with van der Waals surface area (Å²) in [7, 11) is 0. The normalized spacial score (nSPS) is 26.0. The Labute approximate surface area is 195 Å². The number of oxime groups is 1. The lowest BCUT2D eigenvalue weighted by Crippen LogP contribution is -2.47. The van der Waals surface area contributed by atoms with Crippen molar-refractivity contribution in [3.63, 3.8) is 0 Å². The molecule has 2 aliphatic heterocycles. The number of carbonyl (C=O) groups is 1. The summed E-state index contributed by atoms with van der Waals surface area (Å²) in [6.45, 7) is 7.21. The fourth-order valence-corrected chi connectivity index (χ4v) is 4.75. The lowest BCUT2D eigenvalue weighted by molar-refractivity contribution is -0.275. The van der Waals surface area contributed by atoms with E-state index in [1.54, 1.807) is 32.0 Å². The molecule has 0 radical (unpaired) electrons. The summed E-state index contributed by atoms with van der Waals surface area (Å²) >= 11 is 0. The summed E-state index contributed by atoms with van der Waals surface area (Å²) in [6, 6.07) is 6.80. The molecule has 3 heterocycles. The first-order valence-electron chi connectivity index (χ1n) is 11.2. The molecule has 34 heavy (non-hydrogen) atoms. The molecule has 2 aliphatic rings. The number of aliphatic hydroxyl groups excluding tert-OH is 1. The number of amides is 1. The molecule has 1 amide bonds. The molecule has 1 aromatic heterocycles. The molecule has 10 heteroatoms. The number of hydrogen-bond donors (Lipinski definition) is 1. The van der Waals surface area contributed by atoms with Crippen molar-refractivity contribution >= 4 is 11.6 Å². The zero-order chi connectivity index (χ0) is 24.8. The third-order valence-electron chi connectivity index (χ3n) is 6.56. The number of nitrogens with zero attached hydrogens (tertiary/aromatic N) is 3. The van der Waals surface area contributed by atoms with Crippen LogP contribution in [0.15, 0.2) is 40.0 Å². The predicted octanol–water partition coefficient (Wildman–Crippen LogP) is 4.23. The van der Waals surface area contributed by atoms with Crippen LogP contribution in [0.5, 0.6) is 0 Å². The Balaban J connectivity index is 1.64. The molecule has 0 bridgehead atoms. The fraction of sp³-hybridized carbons (Fsp3) is 0.542. The minimum Gasteiger partial charge on any atom is -0.391 e. The van der Waals surface area contributed by atoms with E-state index in [9.17, 15) is 23.1 Å². The van der Waals surface area contributed by atoms with Crippen LogP contribution in [-0.4, -0.2) is 51.6 Å². The van der Waals surface area contributed by atoms with Gasteiger partial charge in [0.05, 0.1) is 23.6 Å². The summed E-state index contributed by atoms with van der Waals surface area (Å²) in [5.74, 6) is -0.829. The second-order valence-corrected chi connectivity index (χ2v) is 9.53. The van der Waals surface area contributed by atoms with Gasteiger partial charge in [0.25, 0.3) is 5.60 Å². The summed E-state index contributed by atoms with van der Waals surface area (Å²) in [6.07, 6.45) is -6.11. The zero-order valence-electron chi connectivity index (χ0n) is 19.5. The van der Waals surface area contributed by atoms with Crippen molar-refractivity contribution in [2.75, 3.05) is 6.54 Å². The van der Waals surface area contributed by atoms with Crippen LogP contribution >= 0.6 is 0 Å². The number of aryl methyl sites for hydroxylation is 2. The van der Waals surface area contributed by atoms with Gasteiger partial charge in [-0.25, -0.2) is 0 Å². The first kappa shape index (κ1) is 24.3. The highest BCUT2D eigenvalue weighted by Gasteiger charge is 2.63. The Morgan fingerprint density at radius 1 is 1.24 bits per heavy atom. The monoisotopic (exact) mass is 479 g/mol. The molecule has 1 saturated heterocycles. The highest BCUT2D eigenvalue weighted by atomic mass is 19.4. The summed E-state index contributed by atoms with van der Waals surface area (Å²) in [4.78, 5) is 20.1. The average molecular weight is 479 g/mol. The van der Waals surface area contributed by atoms with E-state index in [4.69, 9.17) is 9.36 Å². The van der Waals surface area contributed by atoms with Crippen LogP contribution in [0, 0.1) is 19.8 Å². The predicted molar refractivity (Wildman–Crippen MR) is 117 cm³/mol. The number of aliphatic hydroxyl groups is 1. The summed E-state index contributed by atoms with van der Waals surface area (Å²) in [5.41, 5.74) is -1.18. The highest BCUT2D eigenvalue weighted by molar-refractivity contribution is 5.96. The van der Waals surface area contributed by atoms with Crippen LogP contribution in [0.25, 0.3) is 0 Å². The maximum atomic E-state index is 14.3. The molecule has 184 valence electrons. The Hall–Kier alpha value is -2.88. The molecule has 1 N–H and O–H groups in total. The number of rotatable bonds is 5. The molecule has 1 fully saturated rings. The largest absolute Gasteiger partial charge is 0.435 e. The van der Waals surface area contributed by atoms with Gasteiger partial charge < -0.3 is 19.4 Å². The highest BCUT2D eigenvalue weighted by Crippen LogP contribution is 2.49. The van der Waals surface area contributed by atoms with Gasteiger partial charge in [-0.2, -0.15) is 13.2 Å². The smallest absolute Gasteiger partial charge is 0.391 e. The Kier molecular flexibility index (Phi) is 6.22. The molecule has 4 atom stereocenters. The van der Waals surface area contributed by atoms with E-state index in [0.717, 1.165) is 5.56 Å². The SMILES string of the molecule is Cc1ccc(C2(C(F)(F)F)CC([C@@H]3C[C@@H](O)CN3C(=O)[C@@H](c3cc(C)no3)C(C)C)=NO2)cc1. The molecule has 1 unspecified atom stereocenters. The van der Waals surface area contributed by atoms with Gasteiger partial charge >= 0.3 is 6.18 Å². The average Bonchev–Trinajstić information content (AvgIpc) is 3.46. The van der Waals surface area contributed by atoms with Gasteiger partial charge in [0.1, 0.15) is 11.7 Å². The molecular formula is C24H28F3N3O4. The molecule has 0 aliphatic carbocycles. The second-order valence-electron chi connectivity index (χ2n) is 9.53. The van der Waals surface area contributed by atoms with Crippen LogP contribution in [0.4, 0.5) is 13.2 Å². The minimum atomic E-state index is -4.74. The maximum absolute atomic E-state index is 14.3. The summed E-state index contributed by atoms with van der Waals surface area (Å²) in [5, 5.41) is 18.1. The molecule has 2 aromatic rings. The topological polar surface area (TPSA) is 88.2 Å². The van der Waals surface area contributed by atoms with Crippen LogP contribution in [0.2, 0.25) is 0 Å². The van der Waals surface area contributed by atoms with E-state index >= 15 is 0 Å². The lowest BCUT2D eigenvalue weighted by atomic mass is 9.85. The Morgan fingerprint density at radius 3 is 2.47 bits per heavy atom. The quantitative estimate of drug-likeness (QED) is 0.694. The number of benzene rings is 1. The maximum Gasteiger partial charge on any atom is 0.435 e. The van der Waals surface area contributed by atoms with Gasteiger partial charge in [0, 0.05) is 31.0 Å². The van der Waals surface area contributed by atoms with Gasteiger partial charge in [0.2, 0.25) is 5.91 Å². The molecular weight excluding hydrogens is 451 g/mol. The van der Waals surface area contributed by atoms with Crippen LogP contribution in [0.3, 0.4) is 0 Å². The standard InChI is InChI=1S/C24H28F3N3O4/c1-13(2)21(20-9-15(4)28-33-20)22(32)30-12-17(31)10-19(30)18-11-23(34-29-18,24(25,26)27)16-7-5-14(3)6-8-16/h5-9,13,17,19,21,31H,10-12H2,1-4H3/t17-,19+,21-,23?/m1/s1. The number of alkyl halides is 3. The van der Waals surface area contributed by atoms with E-state index < -0.39 is 36.3 Å². The molecule has 1 aromatic carbocycles. The number of halogens is 3. The van der Waals surface area contributed by atoms with E-state index in [1.807, 2.05) is 13.8 Å². The van der Waals surface area contributed by atoms with Crippen LogP contribution in [-0.2, 0) is 15.2 Å². The second kappa shape index (κ2) is 8.72. The molecule has 0 spiro atoms. The molecule has 7 nitrogen and oxygen atoms in total. The van der Waals surface area contributed by atoms with E-state index in [1.165, 1.54) is 17.0 Å². The van der Waals surface area contributed by atoms with Crippen molar-refractivity contribution in [1.29, 1.82) is 0 Å². The number of hydrogen-bond acceptors (Lipinski definition) is 6. The third-order valence-corrected chi connectivity index (χ3v) is 6.56. The first-order chi connectivity index (χ1) is 15.9. The van der Waals surface area contributed by atoms with Gasteiger partial charge in [-0.05, 0) is 19.8 Å². The zero-order valence-corrected chi connectivity index (χ0v) is 19.5. The van der Waals surface area contributed by atoms with Crippen LogP contribution < -0.4 is 0 Å². The fourth-order valence-electron chi connectivity index (χ4n) is 4.75. The van der Waals surface area contributed by atoms with E-state index in [2.05, 4.69) is 10.3 Å². The number of likely N-dealkylation sites (tertiary alicyclic amines) is 1. The third kappa shape index (κ3) is 4.19. The van der Waals surface area contributed by atoms with Gasteiger partial charge in [-0.3, -0.25) is 4.79 Å². The van der Waals surface area contributed by atoms with Crippen molar-refractivity contribution in [3.05, 3.63) is 52.9 Å². The molecule has 4 rings (SSSR count). The number of β-amino-alcohol motifs (C(OH)–C–C–N with tert-alkyl or cyclic N) is 1. The Bertz CT molecular complexity index is 1080. The Morgan fingerprint density at radius 2 is 1.91 bits per heavy atom. The minimum absolute atomic E-state index is 0.0115. The van der Waals surface area contributed by atoms with E-state index in [-0.39, 0.29) is 36.1 Å². The summed E-state index contributed by atoms with van der Waals surface area (Å²) < 4.78 is 48.3. The number of aromatic nitrogens is 1. The van der Waals surface area contributed by atoms with Crippen molar-refractivity contribution < 1.29 is 32.4 Å².